The third-order valence-electron chi connectivity index (χ3n) is 10.7. The van der Waals surface area contributed by atoms with Gasteiger partial charge in [-0.05, 0) is 55.6 Å². The summed E-state index contributed by atoms with van der Waals surface area (Å²) in [7, 11) is 0. The van der Waals surface area contributed by atoms with Crippen LogP contribution in [0.2, 0.25) is 0 Å². The second-order valence-corrected chi connectivity index (χ2v) is 15.1. The molecule has 1 heterocycles. The number of carbonyl (C=O) groups is 7. The average molecular weight is 740 g/mol. The first-order valence-electron chi connectivity index (χ1n) is 19.4. The van der Waals surface area contributed by atoms with E-state index >= 15 is 0 Å². The van der Waals surface area contributed by atoms with Gasteiger partial charge in [-0.15, -0.1) is 0 Å². The van der Waals surface area contributed by atoms with Crippen LogP contribution in [0.5, 0.6) is 0 Å². The van der Waals surface area contributed by atoms with E-state index in [9.17, 15) is 33.6 Å². The van der Waals surface area contributed by atoms with Gasteiger partial charge >= 0.3 is 0 Å². The van der Waals surface area contributed by atoms with Crippen LogP contribution in [0.25, 0.3) is 0 Å². The molecule has 0 bridgehead atoms. The number of amides is 5. The maximum Gasteiger partial charge on any atom is 0.244 e. The number of rotatable bonds is 9. The van der Waals surface area contributed by atoms with Crippen LogP contribution in [-0.4, -0.2) is 65.8 Å². The van der Waals surface area contributed by atoms with Crippen molar-refractivity contribution >= 4 is 41.1 Å². The molecule has 12 nitrogen and oxygen atoms in total. The van der Waals surface area contributed by atoms with E-state index in [1.54, 1.807) is 48.5 Å². The van der Waals surface area contributed by atoms with Gasteiger partial charge < -0.3 is 27.0 Å². The number of hydrogen-bond acceptors (Lipinski definition) is 7. The largest absolute Gasteiger partial charge is 0.368 e. The van der Waals surface area contributed by atoms with E-state index in [0.29, 0.717) is 42.7 Å². The Bertz CT molecular complexity index is 1680. The zero-order valence-corrected chi connectivity index (χ0v) is 30.9. The molecule has 0 saturated heterocycles. The Morgan fingerprint density at radius 2 is 1.28 bits per heavy atom. The van der Waals surface area contributed by atoms with Crippen LogP contribution in [-0.2, 0) is 35.2 Å². The van der Waals surface area contributed by atoms with Gasteiger partial charge in [0.1, 0.15) is 18.1 Å². The first-order valence-corrected chi connectivity index (χ1v) is 19.4. The molecule has 0 radical (unpaired) electrons. The maximum atomic E-state index is 14.2. The van der Waals surface area contributed by atoms with Crippen LogP contribution >= 0.6 is 0 Å². The fraction of sp³-hybridized carbons (Fsp3) is 0.500. The molecule has 12 heteroatoms. The van der Waals surface area contributed by atoms with Crippen molar-refractivity contribution in [3.63, 3.8) is 0 Å². The predicted octanol–water partition coefficient (Wildman–Crippen LogP) is 3.60. The van der Waals surface area contributed by atoms with Crippen molar-refractivity contribution < 1.29 is 33.6 Å². The Morgan fingerprint density at radius 1 is 0.630 bits per heavy atom. The molecule has 4 unspecified atom stereocenters. The van der Waals surface area contributed by atoms with E-state index in [1.807, 2.05) is 6.07 Å². The van der Waals surface area contributed by atoms with Crippen LogP contribution < -0.4 is 27.0 Å². The van der Waals surface area contributed by atoms with Gasteiger partial charge in [-0.2, -0.15) is 0 Å². The fourth-order valence-corrected chi connectivity index (χ4v) is 7.38. The summed E-state index contributed by atoms with van der Waals surface area (Å²) in [5.74, 6) is -3.42. The first-order chi connectivity index (χ1) is 26.0. The quantitative estimate of drug-likeness (QED) is 0.243. The highest BCUT2D eigenvalue weighted by atomic mass is 16.2. The van der Waals surface area contributed by atoms with E-state index in [4.69, 9.17) is 5.73 Å². The van der Waals surface area contributed by atoms with Crippen molar-refractivity contribution in [2.45, 2.75) is 108 Å². The van der Waals surface area contributed by atoms with Crippen molar-refractivity contribution in [3.05, 3.63) is 83.4 Å². The molecule has 4 atom stereocenters. The normalized spacial score (nSPS) is 24.4. The molecule has 54 heavy (non-hydrogen) atoms. The van der Waals surface area contributed by atoms with Crippen molar-refractivity contribution in [1.29, 1.82) is 0 Å². The van der Waals surface area contributed by atoms with Crippen LogP contribution in [0.4, 0.5) is 0 Å². The highest BCUT2D eigenvalue weighted by molar-refractivity contribution is 6.09. The SMILES string of the molecule is NC(=O)C1CCCCNC(=O)C(Cc2ccc(C(=O)c3ccccc3)cc2)NC(=O)C(CC2CCCCC2)NC(=O)C(CC2CC2)CC(=O)C=CC(=O)N1. The summed E-state index contributed by atoms with van der Waals surface area (Å²) in [6, 6.07) is 13.0. The lowest BCUT2D eigenvalue weighted by Crippen LogP contribution is -2.55. The Labute approximate surface area is 316 Å². The van der Waals surface area contributed by atoms with Crippen LogP contribution in [0, 0.1) is 17.8 Å². The summed E-state index contributed by atoms with van der Waals surface area (Å²) in [5, 5.41) is 11.4. The number of primary amides is 1. The standard InChI is InChI=1S/C42H53N5O7/c43-39(51)34-13-7-8-22-44-41(53)35(25-29-16-18-31(19-17-29)38(50)30-11-5-2-6-12-30)47-42(54)36(24-27-9-3-1-4-10-27)46-40(52)32(23-28-14-15-28)26-33(48)20-21-37(49)45-34/h2,5-6,11-12,16-21,27-28,32,34-36H,1,3-4,7-10,13-15,22-26H2,(H2,43,51)(H,44,53)(H,45,49)(H,46,52)(H,47,54). The number of allylic oxidation sites excluding steroid dienone is 1. The van der Waals surface area contributed by atoms with Crippen LogP contribution in [0.3, 0.4) is 0 Å². The van der Waals surface area contributed by atoms with E-state index in [0.717, 1.165) is 62.7 Å². The van der Waals surface area contributed by atoms with Crippen molar-refractivity contribution in [2.24, 2.45) is 23.5 Å². The minimum Gasteiger partial charge on any atom is -0.368 e. The number of nitrogens with two attached hydrogens (primary N) is 1. The molecule has 288 valence electrons. The van der Waals surface area contributed by atoms with E-state index in [1.165, 1.54) is 0 Å². The van der Waals surface area contributed by atoms with Crippen LogP contribution in [0.1, 0.15) is 105 Å². The third-order valence-corrected chi connectivity index (χ3v) is 10.7. The lowest BCUT2D eigenvalue weighted by atomic mass is 9.84. The molecule has 2 fully saturated rings. The van der Waals surface area contributed by atoms with Crippen LogP contribution in [0.15, 0.2) is 66.7 Å². The summed E-state index contributed by atoms with van der Waals surface area (Å²) in [6.07, 6.45) is 11.2. The molecular weight excluding hydrogens is 686 g/mol. The maximum absolute atomic E-state index is 14.2. The molecule has 6 N–H and O–H groups in total. The molecular formula is C42H53N5O7. The predicted molar refractivity (Wildman–Crippen MR) is 203 cm³/mol. The molecule has 2 aliphatic carbocycles. The van der Waals surface area contributed by atoms with Crippen molar-refractivity contribution in [2.75, 3.05) is 6.54 Å². The number of hydrogen-bond donors (Lipinski definition) is 5. The second kappa shape index (κ2) is 19.8. The molecule has 1 aliphatic heterocycles. The summed E-state index contributed by atoms with van der Waals surface area (Å²) in [6.45, 7) is 0.231. The molecule has 0 aromatic heterocycles. The monoisotopic (exact) mass is 739 g/mol. The molecule has 0 spiro atoms. The van der Waals surface area contributed by atoms with Gasteiger partial charge in [0.05, 0.1) is 0 Å². The average Bonchev–Trinajstić information content (AvgIpc) is 4.00. The Balaban J connectivity index is 1.39. The van der Waals surface area contributed by atoms with Gasteiger partial charge in [-0.1, -0.05) is 99.5 Å². The number of benzene rings is 2. The number of ketones is 2. The molecule has 2 aromatic carbocycles. The fourth-order valence-electron chi connectivity index (χ4n) is 7.38. The highest BCUT2D eigenvalue weighted by Crippen LogP contribution is 2.36. The topological polar surface area (TPSA) is 194 Å². The third kappa shape index (κ3) is 12.5. The van der Waals surface area contributed by atoms with E-state index < -0.39 is 59.4 Å². The summed E-state index contributed by atoms with van der Waals surface area (Å²) in [5.41, 5.74) is 7.30. The molecule has 5 rings (SSSR count). The van der Waals surface area contributed by atoms with Gasteiger partial charge in [0, 0.05) is 42.5 Å². The van der Waals surface area contributed by atoms with E-state index in [-0.39, 0.29) is 37.5 Å². The second-order valence-electron chi connectivity index (χ2n) is 15.1. The summed E-state index contributed by atoms with van der Waals surface area (Å²) < 4.78 is 0. The highest BCUT2D eigenvalue weighted by Gasteiger charge is 2.35. The van der Waals surface area contributed by atoms with Crippen molar-refractivity contribution in [1.82, 2.24) is 21.3 Å². The van der Waals surface area contributed by atoms with Gasteiger partial charge in [-0.3, -0.25) is 33.6 Å². The lowest BCUT2D eigenvalue weighted by Gasteiger charge is -2.29. The zero-order chi connectivity index (χ0) is 38.5. The Morgan fingerprint density at radius 3 is 1.96 bits per heavy atom. The van der Waals surface area contributed by atoms with E-state index in [2.05, 4.69) is 21.3 Å². The molecule has 2 saturated carbocycles. The minimum atomic E-state index is -1.00. The summed E-state index contributed by atoms with van der Waals surface area (Å²) in [4.78, 5) is 92.6. The van der Waals surface area contributed by atoms with Gasteiger partial charge in [0.2, 0.25) is 29.5 Å². The lowest BCUT2D eigenvalue weighted by molar-refractivity contribution is -0.134. The molecule has 5 amide bonds. The zero-order valence-electron chi connectivity index (χ0n) is 30.9. The minimum absolute atomic E-state index is 0.127. The number of carbonyl (C=O) groups excluding carboxylic acids is 7. The van der Waals surface area contributed by atoms with Gasteiger partial charge in [0.25, 0.3) is 0 Å². The van der Waals surface area contributed by atoms with Gasteiger partial charge in [-0.25, -0.2) is 0 Å². The number of nitrogens with one attached hydrogen (secondary N) is 4. The first kappa shape index (κ1) is 40.1. The van der Waals surface area contributed by atoms with Gasteiger partial charge in [0.15, 0.2) is 11.6 Å². The molecule has 3 aliphatic rings. The molecule has 2 aromatic rings. The Hall–Kier alpha value is -5.13. The Kier molecular flexibility index (Phi) is 14.7. The van der Waals surface area contributed by atoms with Crippen molar-refractivity contribution in [3.8, 4) is 0 Å². The summed E-state index contributed by atoms with van der Waals surface area (Å²) >= 11 is 0. The smallest absolute Gasteiger partial charge is 0.244 e.